The van der Waals surface area contributed by atoms with Gasteiger partial charge in [-0.1, -0.05) is 6.07 Å². The van der Waals surface area contributed by atoms with Crippen LogP contribution in [0.3, 0.4) is 0 Å². The number of rotatable bonds is 3. The summed E-state index contributed by atoms with van der Waals surface area (Å²) in [4.78, 5) is 6.91. The number of terminal acetylenes is 1. The van der Waals surface area contributed by atoms with Gasteiger partial charge in [-0.3, -0.25) is 0 Å². The van der Waals surface area contributed by atoms with Gasteiger partial charge in [0.2, 0.25) is 0 Å². The van der Waals surface area contributed by atoms with E-state index in [0.29, 0.717) is 0 Å². The Morgan fingerprint density at radius 3 is 2.88 bits per heavy atom. The molecule has 0 spiro atoms. The van der Waals surface area contributed by atoms with Gasteiger partial charge in [-0.05, 0) is 37.3 Å². The maximum absolute atomic E-state index is 5.32. The van der Waals surface area contributed by atoms with Gasteiger partial charge in [0, 0.05) is 25.7 Å². The van der Waals surface area contributed by atoms with Crippen LogP contribution in [0.4, 0.5) is 5.82 Å². The van der Waals surface area contributed by atoms with Gasteiger partial charge in [0.25, 0.3) is 0 Å². The Morgan fingerprint density at radius 1 is 1.31 bits per heavy atom. The minimum Gasteiger partial charge on any atom is -0.356 e. The van der Waals surface area contributed by atoms with E-state index >= 15 is 0 Å². The van der Waals surface area contributed by atoms with Crippen molar-refractivity contribution < 1.29 is 0 Å². The summed E-state index contributed by atoms with van der Waals surface area (Å²) in [6.07, 6.45) is 12.9. The molecule has 0 unspecified atom stereocenters. The molecule has 1 fully saturated rings. The Kier molecular flexibility index (Phi) is 3.82. The number of hydrogen-bond donors (Lipinski definition) is 0. The van der Waals surface area contributed by atoms with Crippen LogP contribution in [-0.2, 0) is 6.42 Å². The van der Waals surface area contributed by atoms with Crippen molar-refractivity contribution in [2.24, 2.45) is 0 Å². The predicted octanol–water partition coefficient (Wildman–Crippen LogP) is 2.64. The van der Waals surface area contributed by atoms with Crippen LogP contribution >= 0.6 is 0 Å². The second kappa shape index (κ2) is 5.55. The quantitative estimate of drug-likeness (QED) is 0.719. The molecule has 0 aliphatic carbocycles. The van der Waals surface area contributed by atoms with Crippen molar-refractivity contribution in [2.45, 2.75) is 32.1 Å². The van der Waals surface area contributed by atoms with Gasteiger partial charge in [-0.2, -0.15) is 0 Å². The zero-order valence-electron chi connectivity index (χ0n) is 9.65. The van der Waals surface area contributed by atoms with E-state index in [9.17, 15) is 0 Å². The molecule has 16 heavy (non-hydrogen) atoms. The van der Waals surface area contributed by atoms with E-state index in [1.807, 2.05) is 12.3 Å². The van der Waals surface area contributed by atoms with Crippen LogP contribution in [0, 0.1) is 12.3 Å². The van der Waals surface area contributed by atoms with Crippen molar-refractivity contribution in [1.29, 1.82) is 0 Å². The maximum atomic E-state index is 5.32. The molecule has 0 amide bonds. The molecule has 0 N–H and O–H groups in total. The van der Waals surface area contributed by atoms with E-state index in [1.165, 1.54) is 24.8 Å². The summed E-state index contributed by atoms with van der Waals surface area (Å²) < 4.78 is 0. The number of nitrogens with zero attached hydrogens (tertiary/aromatic N) is 2. The second-order valence-electron chi connectivity index (χ2n) is 4.24. The van der Waals surface area contributed by atoms with Gasteiger partial charge in [0.05, 0.1) is 0 Å². The fourth-order valence-electron chi connectivity index (χ4n) is 2.22. The Labute approximate surface area is 97.7 Å². The summed E-state index contributed by atoms with van der Waals surface area (Å²) in [6.45, 7) is 2.28. The summed E-state index contributed by atoms with van der Waals surface area (Å²) in [5.41, 5.74) is 1.29. The van der Waals surface area contributed by atoms with Gasteiger partial charge in [0.1, 0.15) is 5.82 Å². The van der Waals surface area contributed by atoms with Crippen molar-refractivity contribution in [3.63, 3.8) is 0 Å². The standard InChI is InChI=1S/C14H18N2/c1-2-3-8-13-9-7-10-15-14(13)16-11-5-4-6-12-16/h1,7,9-10H,3-6,8,11-12H2. The molecule has 1 saturated heterocycles. The molecule has 0 aromatic carbocycles. The molecule has 1 aromatic heterocycles. The Balaban J connectivity index is 2.14. The fraction of sp³-hybridized carbons (Fsp3) is 0.500. The largest absolute Gasteiger partial charge is 0.356 e. The highest BCUT2D eigenvalue weighted by molar-refractivity contribution is 5.47. The van der Waals surface area contributed by atoms with Crippen LogP contribution < -0.4 is 4.90 Å². The summed E-state index contributed by atoms with van der Waals surface area (Å²) in [5.74, 6) is 3.85. The van der Waals surface area contributed by atoms with Crippen molar-refractivity contribution in [2.75, 3.05) is 18.0 Å². The normalized spacial score (nSPS) is 15.8. The van der Waals surface area contributed by atoms with Crippen molar-refractivity contribution in [3.05, 3.63) is 23.9 Å². The molecular weight excluding hydrogens is 196 g/mol. The first kappa shape index (κ1) is 11.0. The minimum absolute atomic E-state index is 0.798. The molecule has 0 saturated carbocycles. The number of piperidine rings is 1. The summed E-state index contributed by atoms with van der Waals surface area (Å²) in [7, 11) is 0. The smallest absolute Gasteiger partial charge is 0.131 e. The van der Waals surface area contributed by atoms with Crippen LogP contribution in [-0.4, -0.2) is 18.1 Å². The highest BCUT2D eigenvalue weighted by Gasteiger charge is 2.14. The SMILES string of the molecule is C#CCCc1cccnc1N1CCCCC1. The predicted molar refractivity (Wildman–Crippen MR) is 67.5 cm³/mol. The molecule has 1 aliphatic rings. The van der Waals surface area contributed by atoms with Crippen LogP contribution in [0.1, 0.15) is 31.2 Å². The molecule has 1 aromatic rings. The third-order valence-electron chi connectivity index (χ3n) is 3.06. The Bertz CT molecular complexity index is 373. The van der Waals surface area contributed by atoms with Gasteiger partial charge in [-0.25, -0.2) is 4.98 Å². The van der Waals surface area contributed by atoms with Gasteiger partial charge < -0.3 is 4.90 Å². The number of hydrogen-bond acceptors (Lipinski definition) is 2. The molecule has 2 heteroatoms. The molecule has 0 radical (unpaired) electrons. The highest BCUT2D eigenvalue weighted by atomic mass is 15.2. The lowest BCUT2D eigenvalue weighted by molar-refractivity contribution is 0.571. The van der Waals surface area contributed by atoms with Crippen molar-refractivity contribution >= 4 is 5.82 Å². The third kappa shape index (κ3) is 2.55. The first-order valence-electron chi connectivity index (χ1n) is 6.04. The summed E-state index contributed by atoms with van der Waals surface area (Å²) in [6, 6.07) is 4.15. The van der Waals surface area contributed by atoms with Crippen LogP contribution in [0.25, 0.3) is 0 Å². The summed E-state index contributed by atoms with van der Waals surface area (Å²) in [5, 5.41) is 0. The number of anilines is 1. The monoisotopic (exact) mass is 214 g/mol. The zero-order chi connectivity index (χ0) is 11.2. The van der Waals surface area contributed by atoms with Crippen molar-refractivity contribution in [3.8, 4) is 12.3 Å². The summed E-state index contributed by atoms with van der Waals surface area (Å²) >= 11 is 0. The number of pyridine rings is 1. The van der Waals surface area contributed by atoms with E-state index in [4.69, 9.17) is 6.42 Å². The van der Waals surface area contributed by atoms with Gasteiger partial charge >= 0.3 is 0 Å². The lowest BCUT2D eigenvalue weighted by Gasteiger charge is -2.29. The molecule has 2 rings (SSSR count). The van der Waals surface area contributed by atoms with Crippen LogP contribution in [0.15, 0.2) is 18.3 Å². The van der Waals surface area contributed by atoms with E-state index in [0.717, 1.165) is 31.7 Å². The van der Waals surface area contributed by atoms with Crippen LogP contribution in [0.5, 0.6) is 0 Å². The topological polar surface area (TPSA) is 16.1 Å². The second-order valence-corrected chi connectivity index (χ2v) is 4.24. The minimum atomic E-state index is 0.798. The van der Waals surface area contributed by atoms with E-state index < -0.39 is 0 Å². The Hall–Kier alpha value is -1.49. The number of aromatic nitrogens is 1. The maximum Gasteiger partial charge on any atom is 0.131 e. The molecular formula is C14H18N2. The first-order valence-corrected chi connectivity index (χ1v) is 6.04. The fourth-order valence-corrected chi connectivity index (χ4v) is 2.22. The van der Waals surface area contributed by atoms with E-state index in [2.05, 4.69) is 21.9 Å². The number of aryl methyl sites for hydroxylation is 1. The average molecular weight is 214 g/mol. The van der Waals surface area contributed by atoms with E-state index in [1.54, 1.807) is 0 Å². The highest BCUT2D eigenvalue weighted by Crippen LogP contribution is 2.22. The molecule has 0 bridgehead atoms. The molecule has 84 valence electrons. The average Bonchev–Trinajstić information content (AvgIpc) is 2.38. The zero-order valence-corrected chi connectivity index (χ0v) is 9.65. The lowest BCUT2D eigenvalue weighted by atomic mass is 10.1. The van der Waals surface area contributed by atoms with Gasteiger partial charge in [-0.15, -0.1) is 12.3 Å². The van der Waals surface area contributed by atoms with E-state index in [-0.39, 0.29) is 0 Å². The van der Waals surface area contributed by atoms with Gasteiger partial charge in [0.15, 0.2) is 0 Å². The Morgan fingerprint density at radius 2 is 2.12 bits per heavy atom. The van der Waals surface area contributed by atoms with Crippen molar-refractivity contribution in [1.82, 2.24) is 4.98 Å². The lowest BCUT2D eigenvalue weighted by Crippen LogP contribution is -2.31. The first-order chi connectivity index (χ1) is 7.92. The molecule has 2 nitrogen and oxygen atoms in total. The molecule has 1 aliphatic heterocycles. The third-order valence-corrected chi connectivity index (χ3v) is 3.06. The van der Waals surface area contributed by atoms with Crippen LogP contribution in [0.2, 0.25) is 0 Å². The molecule has 2 heterocycles. The molecule has 0 atom stereocenters.